The van der Waals surface area contributed by atoms with E-state index in [4.69, 9.17) is 58.0 Å². The van der Waals surface area contributed by atoms with Gasteiger partial charge < -0.3 is 0 Å². The van der Waals surface area contributed by atoms with Gasteiger partial charge in [0.25, 0.3) is 10.0 Å². The normalized spacial score (nSPS) is 11.8. The highest BCUT2D eigenvalue weighted by molar-refractivity contribution is 7.92. The average Bonchev–Trinajstić information content (AvgIpc) is 3.08. The van der Waals surface area contributed by atoms with Gasteiger partial charge in [-0.1, -0.05) is 58.0 Å². The molecule has 0 aliphatic carbocycles. The molecule has 11 heteroatoms. The molecule has 166 valence electrons. The quantitative estimate of drug-likeness (QED) is 0.265. The number of rotatable bonds is 5. The number of nitrogens with zero attached hydrogens (tertiary/aromatic N) is 1. The number of sulfonamides is 1. The minimum atomic E-state index is -3.99. The first-order valence-electron chi connectivity index (χ1n) is 9.05. The number of hydrogen-bond acceptors (Lipinski definition) is 4. The van der Waals surface area contributed by atoms with Crippen LogP contribution in [0.2, 0.25) is 25.1 Å². The van der Waals surface area contributed by atoms with E-state index in [2.05, 4.69) is 9.71 Å². The van der Waals surface area contributed by atoms with Gasteiger partial charge in [-0.2, -0.15) is 0 Å². The van der Waals surface area contributed by atoms with Gasteiger partial charge in [0.1, 0.15) is 4.90 Å². The van der Waals surface area contributed by atoms with E-state index >= 15 is 0 Å². The van der Waals surface area contributed by atoms with E-state index in [1.165, 1.54) is 35.6 Å². The van der Waals surface area contributed by atoms with Crippen molar-refractivity contribution in [1.82, 2.24) is 4.98 Å². The first kappa shape index (κ1) is 23.9. The van der Waals surface area contributed by atoms with Crippen LogP contribution >= 0.6 is 69.3 Å². The minimum Gasteiger partial charge on any atom is -0.279 e. The zero-order chi connectivity index (χ0) is 23.2. The van der Waals surface area contributed by atoms with Crippen LogP contribution < -0.4 is 4.72 Å². The second-order valence-corrected chi connectivity index (χ2v) is 11.8. The second kappa shape index (κ2) is 9.18. The third-order valence-corrected chi connectivity index (χ3v) is 8.80. The Labute approximate surface area is 214 Å². The third-order valence-electron chi connectivity index (χ3n) is 4.62. The predicted octanol–water partition coefficient (Wildman–Crippen LogP) is 8.26. The lowest BCUT2D eigenvalue weighted by molar-refractivity contribution is 0.601. The van der Waals surface area contributed by atoms with Crippen molar-refractivity contribution in [1.29, 1.82) is 0 Å². The summed E-state index contributed by atoms with van der Waals surface area (Å²) in [4.78, 5) is 4.49. The molecule has 1 N–H and O–H groups in total. The standard InChI is InChI=1S/C21H13Cl5N2O2S2/c1-10-4-20(17(26)9-14(10)23)32(29,30)28-12-6-15(24)13(16(25)7-12)8-21-27-18-3-2-11(22)5-19(18)31-21/h2-7,9,28H,8H2,1H3. The maximum Gasteiger partial charge on any atom is 0.263 e. The fourth-order valence-electron chi connectivity index (χ4n) is 3.05. The topological polar surface area (TPSA) is 59.1 Å². The molecular weight excluding hydrogens is 554 g/mol. The highest BCUT2D eigenvalue weighted by Gasteiger charge is 2.21. The Kier molecular flexibility index (Phi) is 6.86. The Hall–Kier alpha value is -1.25. The van der Waals surface area contributed by atoms with Crippen LogP contribution in [0.25, 0.3) is 10.2 Å². The van der Waals surface area contributed by atoms with Crippen molar-refractivity contribution in [3.8, 4) is 0 Å². The van der Waals surface area contributed by atoms with Gasteiger partial charge in [-0.15, -0.1) is 11.3 Å². The van der Waals surface area contributed by atoms with Crippen LogP contribution in [-0.4, -0.2) is 13.4 Å². The van der Waals surface area contributed by atoms with E-state index in [1.807, 2.05) is 12.1 Å². The molecule has 4 rings (SSSR count). The molecule has 0 bridgehead atoms. The van der Waals surface area contributed by atoms with Gasteiger partial charge in [0.05, 0.1) is 25.9 Å². The lowest BCUT2D eigenvalue weighted by atomic mass is 10.1. The van der Waals surface area contributed by atoms with Gasteiger partial charge in [-0.25, -0.2) is 13.4 Å². The highest BCUT2D eigenvalue weighted by atomic mass is 35.5. The number of thiazole rings is 1. The average molecular weight is 567 g/mol. The first-order valence-corrected chi connectivity index (χ1v) is 13.2. The maximum atomic E-state index is 12.9. The van der Waals surface area contributed by atoms with Crippen LogP contribution in [-0.2, 0) is 16.4 Å². The van der Waals surface area contributed by atoms with E-state index in [0.29, 0.717) is 37.6 Å². The fraction of sp³-hybridized carbons (Fsp3) is 0.0952. The number of anilines is 1. The molecule has 0 saturated heterocycles. The largest absolute Gasteiger partial charge is 0.279 e. The van der Waals surface area contributed by atoms with Crippen LogP contribution in [0.1, 0.15) is 16.1 Å². The summed E-state index contributed by atoms with van der Waals surface area (Å²) in [7, 11) is -3.99. The molecule has 4 aromatic rings. The molecule has 0 aliphatic rings. The molecule has 0 spiro atoms. The summed E-state index contributed by atoms with van der Waals surface area (Å²) in [6.45, 7) is 1.69. The maximum absolute atomic E-state index is 12.9. The highest BCUT2D eigenvalue weighted by Crippen LogP contribution is 2.35. The first-order chi connectivity index (χ1) is 15.0. The number of fused-ring (bicyclic) bond motifs is 1. The van der Waals surface area contributed by atoms with Crippen LogP contribution in [0, 0.1) is 6.92 Å². The fourth-order valence-corrected chi connectivity index (χ4v) is 6.80. The monoisotopic (exact) mass is 564 g/mol. The SMILES string of the molecule is Cc1cc(S(=O)(=O)Nc2cc(Cl)c(Cc3nc4ccc(Cl)cc4s3)c(Cl)c2)c(Cl)cc1Cl. The predicted molar refractivity (Wildman–Crippen MR) is 136 cm³/mol. The lowest BCUT2D eigenvalue weighted by Crippen LogP contribution is -2.14. The minimum absolute atomic E-state index is 0.0119. The molecule has 1 heterocycles. The van der Waals surface area contributed by atoms with E-state index < -0.39 is 10.0 Å². The molecule has 32 heavy (non-hydrogen) atoms. The summed E-state index contributed by atoms with van der Waals surface area (Å²) < 4.78 is 29.2. The Balaban J connectivity index is 1.63. The smallest absolute Gasteiger partial charge is 0.263 e. The van der Waals surface area contributed by atoms with Crippen LogP contribution in [0.4, 0.5) is 5.69 Å². The van der Waals surface area contributed by atoms with Crippen LogP contribution in [0.3, 0.4) is 0 Å². The molecule has 0 radical (unpaired) electrons. The Bertz CT molecular complexity index is 1450. The molecule has 0 saturated carbocycles. The van der Waals surface area contributed by atoms with Gasteiger partial charge in [0, 0.05) is 26.5 Å². The number of hydrogen-bond donors (Lipinski definition) is 1. The van der Waals surface area contributed by atoms with Gasteiger partial charge in [0.2, 0.25) is 0 Å². The van der Waals surface area contributed by atoms with Gasteiger partial charge in [-0.3, -0.25) is 4.72 Å². The van der Waals surface area contributed by atoms with E-state index in [-0.39, 0.29) is 15.6 Å². The zero-order valence-electron chi connectivity index (χ0n) is 16.2. The number of aryl methyl sites for hydroxylation is 1. The summed E-state index contributed by atoms with van der Waals surface area (Å²) in [5.74, 6) is 0. The lowest BCUT2D eigenvalue weighted by Gasteiger charge is -2.13. The molecule has 4 nitrogen and oxygen atoms in total. The summed E-state index contributed by atoms with van der Waals surface area (Å²) >= 11 is 32.6. The van der Waals surface area contributed by atoms with Crippen molar-refractivity contribution in [2.24, 2.45) is 0 Å². The van der Waals surface area contributed by atoms with Crippen LogP contribution in [0.15, 0.2) is 47.4 Å². The molecule has 0 atom stereocenters. The van der Waals surface area contributed by atoms with Gasteiger partial charge in [0.15, 0.2) is 0 Å². The van der Waals surface area contributed by atoms with Crippen molar-refractivity contribution in [2.45, 2.75) is 18.2 Å². The van der Waals surface area contributed by atoms with Gasteiger partial charge >= 0.3 is 0 Å². The van der Waals surface area contributed by atoms with Crippen molar-refractivity contribution in [3.05, 3.63) is 83.7 Å². The second-order valence-electron chi connectivity index (χ2n) is 6.95. The molecule has 0 unspecified atom stereocenters. The molecule has 1 aromatic heterocycles. The summed E-state index contributed by atoms with van der Waals surface area (Å²) in [6.07, 6.45) is 0.393. The summed E-state index contributed by atoms with van der Waals surface area (Å²) in [6, 6.07) is 11.3. The number of halogens is 5. The van der Waals surface area contributed by atoms with Crippen molar-refractivity contribution >= 4 is 95.3 Å². The Morgan fingerprint density at radius 1 is 0.906 bits per heavy atom. The van der Waals surface area contributed by atoms with E-state index in [1.54, 1.807) is 13.0 Å². The number of benzene rings is 3. The summed E-state index contributed by atoms with van der Waals surface area (Å²) in [5, 5.41) is 2.45. The zero-order valence-corrected chi connectivity index (χ0v) is 21.6. The van der Waals surface area contributed by atoms with E-state index in [9.17, 15) is 8.42 Å². The third kappa shape index (κ3) is 4.97. The van der Waals surface area contributed by atoms with Crippen molar-refractivity contribution < 1.29 is 8.42 Å². The Morgan fingerprint density at radius 3 is 2.28 bits per heavy atom. The van der Waals surface area contributed by atoms with E-state index in [0.717, 1.165) is 15.2 Å². The summed E-state index contributed by atoms with van der Waals surface area (Å²) in [5.41, 5.74) is 2.27. The molecule has 0 amide bonds. The molecule has 0 fully saturated rings. The number of aromatic nitrogens is 1. The number of nitrogens with one attached hydrogen (secondary N) is 1. The van der Waals surface area contributed by atoms with Gasteiger partial charge in [-0.05, 0) is 60.5 Å². The van der Waals surface area contributed by atoms with Crippen molar-refractivity contribution in [2.75, 3.05) is 4.72 Å². The Morgan fingerprint density at radius 2 is 1.59 bits per heavy atom. The molecule has 3 aromatic carbocycles. The van der Waals surface area contributed by atoms with Crippen LogP contribution in [0.5, 0.6) is 0 Å². The molecular formula is C21H13Cl5N2O2S2. The molecule has 0 aliphatic heterocycles. The van der Waals surface area contributed by atoms with Crippen molar-refractivity contribution in [3.63, 3.8) is 0 Å².